The third-order valence-corrected chi connectivity index (χ3v) is 3.33. The van der Waals surface area contributed by atoms with Gasteiger partial charge in [-0.25, -0.2) is 0 Å². The van der Waals surface area contributed by atoms with E-state index in [1.54, 1.807) is 43.5 Å². The number of ether oxygens (including phenoxy) is 2. The molecule has 0 heterocycles. The van der Waals surface area contributed by atoms with Crippen LogP contribution in [0.5, 0.6) is 11.5 Å². The van der Waals surface area contributed by atoms with E-state index in [9.17, 15) is 4.79 Å². The zero-order valence-electron chi connectivity index (χ0n) is 11.4. The Kier molecular flexibility index (Phi) is 4.79. The van der Waals surface area contributed by atoms with Crippen LogP contribution in [0.4, 0.5) is 0 Å². The highest BCUT2D eigenvalue weighted by Crippen LogP contribution is 2.26. The molecule has 0 saturated carbocycles. The van der Waals surface area contributed by atoms with E-state index in [1.165, 1.54) is 0 Å². The first kappa shape index (κ1) is 14.6. The van der Waals surface area contributed by atoms with Crippen LogP contribution >= 0.6 is 15.9 Å². The lowest BCUT2D eigenvalue weighted by Crippen LogP contribution is -2.04. The summed E-state index contributed by atoms with van der Waals surface area (Å²) in [5.41, 5.74) is 1.14. The summed E-state index contributed by atoms with van der Waals surface area (Å²) in [7, 11) is 1.55. The van der Waals surface area contributed by atoms with Gasteiger partial charge in [0.1, 0.15) is 11.5 Å². The van der Waals surface area contributed by atoms with Crippen LogP contribution in [0.2, 0.25) is 0 Å². The van der Waals surface area contributed by atoms with Gasteiger partial charge in [0.05, 0.1) is 19.3 Å². The number of benzene rings is 2. The van der Waals surface area contributed by atoms with Gasteiger partial charge >= 0.3 is 0 Å². The Hall–Kier alpha value is -1.81. The van der Waals surface area contributed by atoms with Crippen molar-refractivity contribution in [1.82, 2.24) is 0 Å². The average molecular weight is 335 g/mol. The second-order valence-corrected chi connectivity index (χ2v) is 5.05. The van der Waals surface area contributed by atoms with Crippen molar-refractivity contribution in [2.24, 2.45) is 0 Å². The molecular formula is C16H15BrO3. The van der Waals surface area contributed by atoms with Gasteiger partial charge in [-0.2, -0.15) is 0 Å². The van der Waals surface area contributed by atoms with E-state index >= 15 is 0 Å². The second-order valence-electron chi connectivity index (χ2n) is 4.13. The fourth-order valence-corrected chi connectivity index (χ4v) is 2.24. The Labute approximate surface area is 126 Å². The summed E-state index contributed by atoms with van der Waals surface area (Å²) in [4.78, 5) is 12.5. The minimum absolute atomic E-state index is 0.0776. The largest absolute Gasteiger partial charge is 0.496 e. The SMILES string of the molecule is CCOc1ccc(C(=O)c2cc(Br)ccc2OC)cc1. The van der Waals surface area contributed by atoms with Crippen molar-refractivity contribution in [2.45, 2.75) is 6.92 Å². The molecule has 2 aromatic rings. The molecular weight excluding hydrogens is 320 g/mol. The molecule has 0 radical (unpaired) electrons. The van der Waals surface area contributed by atoms with E-state index in [2.05, 4.69) is 15.9 Å². The lowest BCUT2D eigenvalue weighted by molar-refractivity contribution is 0.103. The van der Waals surface area contributed by atoms with Gasteiger partial charge in [0, 0.05) is 10.0 Å². The molecule has 2 aromatic carbocycles. The number of methoxy groups -OCH3 is 1. The molecule has 0 N–H and O–H groups in total. The molecule has 0 fully saturated rings. The van der Waals surface area contributed by atoms with Crippen molar-refractivity contribution in [3.63, 3.8) is 0 Å². The molecule has 2 rings (SSSR count). The Bertz CT molecular complexity index is 606. The number of hydrogen-bond acceptors (Lipinski definition) is 3. The quantitative estimate of drug-likeness (QED) is 0.772. The highest BCUT2D eigenvalue weighted by molar-refractivity contribution is 9.10. The van der Waals surface area contributed by atoms with E-state index in [4.69, 9.17) is 9.47 Å². The molecule has 0 spiro atoms. The van der Waals surface area contributed by atoms with Gasteiger partial charge in [0.25, 0.3) is 0 Å². The molecule has 0 saturated heterocycles. The van der Waals surface area contributed by atoms with Gasteiger partial charge in [-0.15, -0.1) is 0 Å². The molecule has 0 unspecified atom stereocenters. The zero-order chi connectivity index (χ0) is 14.5. The third kappa shape index (κ3) is 3.20. The van der Waals surface area contributed by atoms with Crippen molar-refractivity contribution in [3.8, 4) is 11.5 Å². The number of carbonyl (C=O) groups is 1. The third-order valence-electron chi connectivity index (χ3n) is 2.83. The van der Waals surface area contributed by atoms with Crippen LogP contribution < -0.4 is 9.47 Å². The van der Waals surface area contributed by atoms with Gasteiger partial charge in [0.15, 0.2) is 5.78 Å². The lowest BCUT2D eigenvalue weighted by Gasteiger charge is -2.09. The first-order chi connectivity index (χ1) is 9.65. The number of halogens is 1. The summed E-state index contributed by atoms with van der Waals surface area (Å²) < 4.78 is 11.4. The zero-order valence-corrected chi connectivity index (χ0v) is 12.9. The van der Waals surface area contributed by atoms with Gasteiger partial charge in [-0.05, 0) is 49.4 Å². The summed E-state index contributed by atoms with van der Waals surface area (Å²) in [5, 5.41) is 0. The Morgan fingerprint density at radius 3 is 2.45 bits per heavy atom. The molecule has 0 aliphatic rings. The molecule has 4 heteroatoms. The first-order valence-electron chi connectivity index (χ1n) is 6.26. The molecule has 104 valence electrons. The lowest BCUT2D eigenvalue weighted by atomic mass is 10.0. The number of rotatable bonds is 5. The second kappa shape index (κ2) is 6.57. The van der Waals surface area contributed by atoms with Crippen LogP contribution in [0.3, 0.4) is 0 Å². The van der Waals surface area contributed by atoms with Crippen LogP contribution in [-0.4, -0.2) is 19.5 Å². The molecule has 20 heavy (non-hydrogen) atoms. The van der Waals surface area contributed by atoms with Crippen molar-refractivity contribution in [2.75, 3.05) is 13.7 Å². The van der Waals surface area contributed by atoms with E-state index in [0.29, 0.717) is 23.5 Å². The molecule has 0 atom stereocenters. The summed E-state index contributed by atoms with van der Waals surface area (Å²) in [5.74, 6) is 1.24. The van der Waals surface area contributed by atoms with Crippen LogP contribution in [0.25, 0.3) is 0 Å². The predicted octanol–water partition coefficient (Wildman–Crippen LogP) is 4.09. The number of carbonyl (C=O) groups excluding carboxylic acids is 1. The normalized spacial score (nSPS) is 10.2. The van der Waals surface area contributed by atoms with Gasteiger partial charge < -0.3 is 9.47 Å². The Balaban J connectivity index is 2.33. The fourth-order valence-electron chi connectivity index (χ4n) is 1.88. The molecule has 0 aliphatic carbocycles. The van der Waals surface area contributed by atoms with Gasteiger partial charge in [0.2, 0.25) is 0 Å². The van der Waals surface area contributed by atoms with Crippen LogP contribution in [0.15, 0.2) is 46.9 Å². The number of ketones is 1. The van der Waals surface area contributed by atoms with Gasteiger partial charge in [-0.1, -0.05) is 15.9 Å². The number of hydrogen-bond donors (Lipinski definition) is 0. The minimum atomic E-state index is -0.0776. The Morgan fingerprint density at radius 2 is 1.85 bits per heavy atom. The highest BCUT2D eigenvalue weighted by Gasteiger charge is 2.15. The Morgan fingerprint density at radius 1 is 1.15 bits per heavy atom. The van der Waals surface area contributed by atoms with Crippen molar-refractivity contribution < 1.29 is 14.3 Å². The van der Waals surface area contributed by atoms with Crippen molar-refractivity contribution >= 4 is 21.7 Å². The van der Waals surface area contributed by atoms with E-state index in [1.807, 2.05) is 13.0 Å². The maximum absolute atomic E-state index is 12.5. The monoisotopic (exact) mass is 334 g/mol. The average Bonchev–Trinajstić information content (AvgIpc) is 2.47. The summed E-state index contributed by atoms with van der Waals surface area (Å²) >= 11 is 3.37. The smallest absolute Gasteiger partial charge is 0.196 e. The summed E-state index contributed by atoms with van der Waals surface area (Å²) in [6, 6.07) is 12.5. The summed E-state index contributed by atoms with van der Waals surface area (Å²) in [6.45, 7) is 2.53. The predicted molar refractivity (Wildman–Crippen MR) is 81.7 cm³/mol. The van der Waals surface area contributed by atoms with Gasteiger partial charge in [-0.3, -0.25) is 4.79 Å². The molecule has 3 nitrogen and oxygen atoms in total. The standard InChI is InChI=1S/C16H15BrO3/c1-3-20-13-7-4-11(5-8-13)16(18)14-10-12(17)6-9-15(14)19-2/h4-10H,3H2,1-2H3. The first-order valence-corrected chi connectivity index (χ1v) is 7.06. The van der Waals surface area contributed by atoms with Crippen LogP contribution in [-0.2, 0) is 0 Å². The van der Waals surface area contributed by atoms with Crippen molar-refractivity contribution in [3.05, 3.63) is 58.1 Å². The molecule has 0 bridgehead atoms. The topological polar surface area (TPSA) is 35.5 Å². The molecule has 0 aliphatic heterocycles. The van der Waals surface area contributed by atoms with Crippen LogP contribution in [0.1, 0.15) is 22.8 Å². The van der Waals surface area contributed by atoms with Crippen molar-refractivity contribution in [1.29, 1.82) is 0 Å². The van der Waals surface area contributed by atoms with Crippen LogP contribution in [0, 0.1) is 0 Å². The maximum atomic E-state index is 12.5. The molecule has 0 amide bonds. The molecule has 0 aromatic heterocycles. The summed E-state index contributed by atoms with van der Waals surface area (Å²) in [6.07, 6.45) is 0. The van der Waals surface area contributed by atoms with E-state index < -0.39 is 0 Å². The maximum Gasteiger partial charge on any atom is 0.196 e. The minimum Gasteiger partial charge on any atom is -0.496 e. The van der Waals surface area contributed by atoms with E-state index in [-0.39, 0.29) is 5.78 Å². The highest BCUT2D eigenvalue weighted by atomic mass is 79.9. The van der Waals surface area contributed by atoms with E-state index in [0.717, 1.165) is 10.2 Å². The fraction of sp³-hybridized carbons (Fsp3) is 0.188.